The first-order valence-corrected chi connectivity index (χ1v) is 9.32. The first kappa shape index (κ1) is 15.2. The van der Waals surface area contributed by atoms with Gasteiger partial charge in [0.1, 0.15) is 0 Å². The number of carbonyl (C=O) groups is 1. The van der Waals surface area contributed by atoms with Gasteiger partial charge in [-0.15, -0.1) is 0 Å². The molecule has 0 spiro atoms. The Labute approximate surface area is 139 Å². The van der Waals surface area contributed by atoms with Gasteiger partial charge in [-0.05, 0) is 98.3 Å². The molecule has 0 aromatic carbocycles. The van der Waals surface area contributed by atoms with Gasteiger partial charge in [0.2, 0.25) is 0 Å². The highest BCUT2D eigenvalue weighted by Crippen LogP contribution is 2.62. The van der Waals surface area contributed by atoms with E-state index in [-0.39, 0.29) is 0 Å². The lowest BCUT2D eigenvalue weighted by molar-refractivity contribution is -0.114. The van der Waals surface area contributed by atoms with E-state index in [0.29, 0.717) is 29.3 Å². The minimum atomic E-state index is 0.327. The molecule has 0 bridgehead atoms. The van der Waals surface area contributed by atoms with Gasteiger partial charge < -0.3 is 5.11 Å². The van der Waals surface area contributed by atoms with Gasteiger partial charge in [-0.3, -0.25) is 4.79 Å². The van der Waals surface area contributed by atoms with Crippen LogP contribution in [-0.4, -0.2) is 10.9 Å². The summed E-state index contributed by atoms with van der Waals surface area (Å²) in [5.41, 5.74) is 4.96. The number of carbonyl (C=O) groups excluding carboxylic acids is 1. The molecule has 0 aliphatic heterocycles. The van der Waals surface area contributed by atoms with Crippen LogP contribution in [0.2, 0.25) is 0 Å². The summed E-state index contributed by atoms with van der Waals surface area (Å²) in [4.78, 5) is 11.7. The van der Waals surface area contributed by atoms with Crippen molar-refractivity contribution in [2.45, 2.75) is 65.2 Å². The van der Waals surface area contributed by atoms with Crippen molar-refractivity contribution in [2.75, 3.05) is 0 Å². The lowest BCUT2D eigenvalue weighted by Gasteiger charge is -2.49. The number of fused-ring (bicyclic) bond motifs is 4. The van der Waals surface area contributed by atoms with Crippen LogP contribution in [0.1, 0.15) is 65.2 Å². The maximum atomic E-state index is 11.7. The predicted molar refractivity (Wildman–Crippen MR) is 92.0 cm³/mol. The van der Waals surface area contributed by atoms with Crippen molar-refractivity contribution in [1.82, 2.24) is 0 Å². The third-order valence-corrected chi connectivity index (χ3v) is 7.25. The highest BCUT2D eigenvalue weighted by Gasteiger charge is 2.52. The third kappa shape index (κ3) is 2.33. The molecule has 4 aliphatic carbocycles. The van der Waals surface area contributed by atoms with Crippen LogP contribution in [0, 0.1) is 23.2 Å². The normalized spacial score (nSPS) is 40.4. The molecule has 2 fully saturated rings. The van der Waals surface area contributed by atoms with Gasteiger partial charge >= 0.3 is 0 Å². The Balaban J connectivity index is 1.69. The lowest BCUT2D eigenvalue weighted by atomic mass is 9.56. The average Bonchev–Trinajstić information content (AvgIpc) is 2.83. The van der Waals surface area contributed by atoms with Crippen LogP contribution in [0.25, 0.3) is 0 Å². The van der Waals surface area contributed by atoms with Crippen molar-refractivity contribution in [1.29, 1.82) is 0 Å². The first-order chi connectivity index (χ1) is 11.0. The molecule has 4 aliphatic rings. The van der Waals surface area contributed by atoms with Gasteiger partial charge in [0.25, 0.3) is 0 Å². The smallest absolute Gasteiger partial charge is 0.156 e. The molecule has 2 saturated carbocycles. The largest absolute Gasteiger partial charge is 0.513 e. The zero-order chi connectivity index (χ0) is 16.2. The summed E-state index contributed by atoms with van der Waals surface area (Å²) in [6.45, 7) is 4.27. The molecular formula is C21H28O2. The first-order valence-electron chi connectivity index (χ1n) is 9.32. The van der Waals surface area contributed by atoms with Crippen molar-refractivity contribution < 1.29 is 9.90 Å². The fourth-order valence-electron chi connectivity index (χ4n) is 6.14. The Hall–Kier alpha value is -1.31. The minimum absolute atomic E-state index is 0.327. The zero-order valence-electron chi connectivity index (χ0n) is 14.4. The van der Waals surface area contributed by atoms with Gasteiger partial charge in [0.15, 0.2) is 5.78 Å². The summed E-state index contributed by atoms with van der Waals surface area (Å²) in [6.07, 6.45) is 13.0. The summed E-state index contributed by atoms with van der Waals surface area (Å²) in [7, 11) is 0. The highest BCUT2D eigenvalue weighted by atomic mass is 16.3. The Morgan fingerprint density at radius 2 is 2.04 bits per heavy atom. The maximum Gasteiger partial charge on any atom is 0.156 e. The fraction of sp³-hybridized carbons (Fsp3) is 0.667. The Morgan fingerprint density at radius 1 is 1.22 bits per heavy atom. The van der Waals surface area contributed by atoms with Crippen LogP contribution in [0.5, 0.6) is 0 Å². The van der Waals surface area contributed by atoms with Gasteiger partial charge in [0.05, 0.1) is 5.76 Å². The van der Waals surface area contributed by atoms with Crippen molar-refractivity contribution in [3.63, 3.8) is 0 Å². The summed E-state index contributed by atoms with van der Waals surface area (Å²) in [6, 6.07) is 0. The van der Waals surface area contributed by atoms with Crippen LogP contribution >= 0.6 is 0 Å². The average molecular weight is 312 g/mol. The monoisotopic (exact) mass is 312 g/mol. The number of ketones is 1. The second-order valence-electron chi connectivity index (χ2n) is 8.39. The van der Waals surface area contributed by atoms with E-state index in [1.807, 2.05) is 13.0 Å². The van der Waals surface area contributed by atoms with E-state index in [4.69, 9.17) is 0 Å². The number of aliphatic hydroxyl groups is 1. The zero-order valence-corrected chi connectivity index (χ0v) is 14.4. The molecule has 0 saturated heterocycles. The molecule has 2 nitrogen and oxygen atoms in total. The number of allylic oxidation sites excluding steroid dienone is 6. The van der Waals surface area contributed by atoms with Crippen LogP contribution in [0.4, 0.5) is 0 Å². The molecule has 0 heterocycles. The van der Waals surface area contributed by atoms with Crippen LogP contribution in [0.15, 0.2) is 34.6 Å². The molecular weight excluding hydrogens is 284 g/mol. The highest BCUT2D eigenvalue weighted by molar-refractivity contribution is 5.93. The Morgan fingerprint density at radius 3 is 2.83 bits per heavy atom. The SMILES string of the molecule is CC(O)=C[C@@H]1CC[C@H]2[C@@H]3CCC4=CC(=O)CCC4=C3CC[C@]12C. The third-order valence-electron chi connectivity index (χ3n) is 7.25. The summed E-state index contributed by atoms with van der Waals surface area (Å²) in [5, 5.41) is 9.74. The molecule has 2 heteroatoms. The van der Waals surface area contributed by atoms with Crippen molar-refractivity contribution in [3.8, 4) is 0 Å². The van der Waals surface area contributed by atoms with Crippen LogP contribution in [-0.2, 0) is 4.79 Å². The predicted octanol–water partition coefficient (Wildman–Crippen LogP) is 5.27. The van der Waals surface area contributed by atoms with Crippen molar-refractivity contribution in [2.24, 2.45) is 23.2 Å². The van der Waals surface area contributed by atoms with Crippen molar-refractivity contribution >= 4 is 5.78 Å². The van der Waals surface area contributed by atoms with Crippen LogP contribution in [0.3, 0.4) is 0 Å². The number of rotatable bonds is 1. The van der Waals surface area contributed by atoms with E-state index >= 15 is 0 Å². The molecule has 0 aromatic rings. The van der Waals surface area contributed by atoms with E-state index in [2.05, 4.69) is 13.0 Å². The molecule has 4 atom stereocenters. The van der Waals surface area contributed by atoms with E-state index in [0.717, 1.165) is 24.7 Å². The van der Waals surface area contributed by atoms with E-state index in [1.165, 1.54) is 37.7 Å². The van der Waals surface area contributed by atoms with Crippen LogP contribution < -0.4 is 0 Å². The van der Waals surface area contributed by atoms with E-state index in [9.17, 15) is 9.90 Å². The van der Waals surface area contributed by atoms with Gasteiger partial charge in [-0.25, -0.2) is 0 Å². The Kier molecular flexibility index (Phi) is 3.55. The molecule has 4 rings (SSSR count). The maximum absolute atomic E-state index is 11.7. The van der Waals surface area contributed by atoms with Gasteiger partial charge in [-0.2, -0.15) is 0 Å². The molecule has 124 valence electrons. The summed E-state index contributed by atoms with van der Waals surface area (Å²) in [5.74, 6) is 2.84. The summed E-state index contributed by atoms with van der Waals surface area (Å²) >= 11 is 0. The second kappa shape index (κ2) is 5.36. The molecule has 0 amide bonds. The minimum Gasteiger partial charge on any atom is -0.513 e. The van der Waals surface area contributed by atoms with Gasteiger partial charge in [-0.1, -0.05) is 12.5 Å². The topological polar surface area (TPSA) is 37.3 Å². The standard InChI is InChI=1S/C21H28O2/c1-13(22)11-15-4-8-20-19-6-3-14-12-16(23)5-7-17(14)18(19)9-10-21(15,20)2/h11-12,15,19-20,22H,3-10H2,1-2H3/t15-,19+,20-,21+/m0/s1. The number of hydrogen-bond acceptors (Lipinski definition) is 2. The molecule has 0 radical (unpaired) electrons. The molecule has 23 heavy (non-hydrogen) atoms. The Bertz CT molecular complexity index is 632. The molecule has 0 unspecified atom stereocenters. The quantitative estimate of drug-likeness (QED) is 0.670. The fourth-order valence-corrected chi connectivity index (χ4v) is 6.14. The number of hydrogen-bond donors (Lipinski definition) is 1. The second-order valence-corrected chi connectivity index (χ2v) is 8.39. The van der Waals surface area contributed by atoms with E-state index < -0.39 is 0 Å². The molecule has 1 N–H and O–H groups in total. The lowest BCUT2D eigenvalue weighted by Crippen LogP contribution is -2.39. The van der Waals surface area contributed by atoms with E-state index in [1.54, 1.807) is 11.1 Å². The van der Waals surface area contributed by atoms with Gasteiger partial charge in [0, 0.05) is 6.42 Å². The number of aliphatic hydroxyl groups excluding tert-OH is 1. The molecule has 0 aromatic heterocycles. The van der Waals surface area contributed by atoms with Crippen molar-refractivity contribution in [3.05, 3.63) is 34.6 Å². The summed E-state index contributed by atoms with van der Waals surface area (Å²) < 4.78 is 0.